The molecule has 1 aromatic rings. The summed E-state index contributed by atoms with van der Waals surface area (Å²) in [6.45, 7) is 3.58. The van der Waals surface area contributed by atoms with Crippen molar-refractivity contribution in [2.45, 2.75) is 50.9 Å². The van der Waals surface area contributed by atoms with Crippen molar-refractivity contribution in [1.29, 1.82) is 0 Å². The molecule has 0 aliphatic carbocycles. The summed E-state index contributed by atoms with van der Waals surface area (Å²) in [6, 6.07) is 1.71. The maximum absolute atomic E-state index is 12.5. The highest BCUT2D eigenvalue weighted by Crippen LogP contribution is 2.22. The van der Waals surface area contributed by atoms with Gasteiger partial charge in [-0.05, 0) is 38.8 Å². The third-order valence-electron chi connectivity index (χ3n) is 4.84. The van der Waals surface area contributed by atoms with E-state index in [1.807, 2.05) is 23.9 Å². The van der Waals surface area contributed by atoms with Crippen molar-refractivity contribution >= 4 is 15.7 Å². The third-order valence-corrected chi connectivity index (χ3v) is 6.60. The lowest BCUT2D eigenvalue weighted by Gasteiger charge is -2.30. The van der Waals surface area contributed by atoms with E-state index >= 15 is 0 Å². The third kappa shape index (κ3) is 3.92. The molecule has 2 fully saturated rings. The minimum Gasteiger partial charge on any atom is -0.351 e. The lowest BCUT2D eigenvalue weighted by Crippen LogP contribution is -2.50. The Morgan fingerprint density at radius 2 is 2.26 bits per heavy atom. The van der Waals surface area contributed by atoms with Gasteiger partial charge in [0.15, 0.2) is 9.84 Å². The molecule has 3 heterocycles. The second-order valence-electron chi connectivity index (χ2n) is 6.55. The summed E-state index contributed by atoms with van der Waals surface area (Å²) in [6.07, 6.45) is 6.34. The van der Waals surface area contributed by atoms with Crippen molar-refractivity contribution in [2.75, 3.05) is 18.1 Å². The van der Waals surface area contributed by atoms with Crippen molar-refractivity contribution in [2.24, 2.45) is 0 Å². The van der Waals surface area contributed by atoms with Crippen LogP contribution in [-0.4, -0.2) is 65.2 Å². The summed E-state index contributed by atoms with van der Waals surface area (Å²) >= 11 is 0. The molecule has 0 spiro atoms. The molecule has 3 rings (SSSR count). The summed E-state index contributed by atoms with van der Waals surface area (Å²) in [5.41, 5.74) is 0. The van der Waals surface area contributed by atoms with Gasteiger partial charge >= 0.3 is 0 Å². The van der Waals surface area contributed by atoms with Gasteiger partial charge < -0.3 is 5.32 Å². The van der Waals surface area contributed by atoms with Crippen LogP contribution in [-0.2, 0) is 21.2 Å². The van der Waals surface area contributed by atoms with E-state index in [1.54, 1.807) is 6.20 Å². The molecule has 7 nitrogen and oxygen atoms in total. The number of likely N-dealkylation sites (tertiary alicyclic amines) is 1. The Labute approximate surface area is 137 Å². The van der Waals surface area contributed by atoms with Gasteiger partial charge in [-0.15, -0.1) is 0 Å². The Kier molecular flexibility index (Phi) is 4.72. The first-order chi connectivity index (χ1) is 10.9. The highest BCUT2D eigenvalue weighted by Gasteiger charge is 2.35. The summed E-state index contributed by atoms with van der Waals surface area (Å²) in [7, 11) is -2.97. The standard InChI is InChI=1S/C15H24N4O3S/c1-12(15(20)17-13-5-9-23(21,22)11-13)19-8-2-4-14(19)10-18-7-3-6-16-18/h3,6-7,12-14H,2,4-5,8-11H2,1H3,(H,17,20)/t12-,13-,14+/m1/s1. The van der Waals surface area contributed by atoms with Gasteiger partial charge in [0.2, 0.25) is 5.91 Å². The van der Waals surface area contributed by atoms with Crippen LogP contribution >= 0.6 is 0 Å². The lowest BCUT2D eigenvalue weighted by molar-refractivity contribution is -0.126. The quantitative estimate of drug-likeness (QED) is 0.818. The Hall–Kier alpha value is -1.41. The summed E-state index contributed by atoms with van der Waals surface area (Å²) in [4.78, 5) is 14.7. The molecule has 2 saturated heterocycles. The number of nitrogens with one attached hydrogen (secondary N) is 1. The van der Waals surface area contributed by atoms with Crippen LogP contribution in [0.5, 0.6) is 0 Å². The van der Waals surface area contributed by atoms with Gasteiger partial charge in [0, 0.05) is 24.5 Å². The molecule has 0 unspecified atom stereocenters. The van der Waals surface area contributed by atoms with E-state index < -0.39 is 9.84 Å². The van der Waals surface area contributed by atoms with E-state index in [0.29, 0.717) is 12.5 Å². The lowest BCUT2D eigenvalue weighted by atomic mass is 10.1. The normalized spacial score (nSPS) is 28.7. The molecule has 0 bridgehead atoms. The number of carbonyl (C=O) groups is 1. The van der Waals surface area contributed by atoms with Crippen molar-refractivity contribution in [3.05, 3.63) is 18.5 Å². The SMILES string of the molecule is C[C@H](C(=O)N[C@@H]1CCS(=O)(=O)C1)N1CCC[C@H]1Cn1cccn1. The van der Waals surface area contributed by atoms with E-state index in [1.165, 1.54) is 0 Å². The van der Waals surface area contributed by atoms with Crippen LogP contribution in [0.4, 0.5) is 0 Å². The molecule has 0 radical (unpaired) electrons. The van der Waals surface area contributed by atoms with E-state index in [9.17, 15) is 13.2 Å². The van der Waals surface area contributed by atoms with Crippen LogP contribution in [0.1, 0.15) is 26.2 Å². The first-order valence-electron chi connectivity index (χ1n) is 8.18. The van der Waals surface area contributed by atoms with Crippen molar-refractivity contribution < 1.29 is 13.2 Å². The average Bonchev–Trinajstić information content (AvgIpc) is 3.21. The maximum Gasteiger partial charge on any atom is 0.237 e. The van der Waals surface area contributed by atoms with Crippen LogP contribution < -0.4 is 5.32 Å². The average molecular weight is 340 g/mol. The second kappa shape index (κ2) is 6.60. The molecule has 8 heteroatoms. The molecule has 1 aromatic heterocycles. The highest BCUT2D eigenvalue weighted by molar-refractivity contribution is 7.91. The molecular weight excluding hydrogens is 316 g/mol. The fraction of sp³-hybridized carbons (Fsp3) is 0.733. The molecule has 2 aliphatic rings. The van der Waals surface area contributed by atoms with Gasteiger partial charge in [0.25, 0.3) is 0 Å². The van der Waals surface area contributed by atoms with E-state index in [4.69, 9.17) is 0 Å². The minimum absolute atomic E-state index is 0.0699. The van der Waals surface area contributed by atoms with Gasteiger partial charge in [0.05, 0.1) is 24.1 Å². The molecule has 2 aliphatic heterocycles. The predicted octanol–water partition coefficient (Wildman–Crippen LogP) is 0.0393. The number of sulfone groups is 1. The van der Waals surface area contributed by atoms with Gasteiger partial charge in [-0.3, -0.25) is 14.4 Å². The van der Waals surface area contributed by atoms with Crippen LogP contribution in [0, 0.1) is 0 Å². The number of amides is 1. The number of hydrogen-bond acceptors (Lipinski definition) is 5. The Morgan fingerprint density at radius 3 is 2.91 bits per heavy atom. The van der Waals surface area contributed by atoms with Crippen molar-refractivity contribution in [3.8, 4) is 0 Å². The maximum atomic E-state index is 12.5. The number of nitrogens with zero attached hydrogens (tertiary/aromatic N) is 3. The molecule has 1 amide bonds. The van der Waals surface area contributed by atoms with Crippen LogP contribution in [0.25, 0.3) is 0 Å². The Balaban J connectivity index is 1.57. The summed E-state index contributed by atoms with van der Waals surface area (Å²) in [5.74, 6) is 0.180. The first kappa shape index (κ1) is 16.4. The Bertz CT molecular complexity index is 644. The van der Waals surface area contributed by atoms with E-state index in [-0.39, 0.29) is 29.5 Å². The van der Waals surface area contributed by atoms with E-state index in [0.717, 1.165) is 25.9 Å². The van der Waals surface area contributed by atoms with Gasteiger partial charge in [-0.25, -0.2) is 8.42 Å². The largest absolute Gasteiger partial charge is 0.351 e. The number of hydrogen-bond donors (Lipinski definition) is 1. The van der Waals surface area contributed by atoms with Gasteiger partial charge in [0.1, 0.15) is 0 Å². The predicted molar refractivity (Wildman–Crippen MR) is 86.6 cm³/mol. The second-order valence-corrected chi connectivity index (χ2v) is 8.78. The topological polar surface area (TPSA) is 84.3 Å². The van der Waals surface area contributed by atoms with E-state index in [2.05, 4.69) is 15.3 Å². The number of carbonyl (C=O) groups excluding carboxylic acids is 1. The van der Waals surface area contributed by atoms with Gasteiger partial charge in [-0.1, -0.05) is 0 Å². The van der Waals surface area contributed by atoms with Crippen LogP contribution in [0.2, 0.25) is 0 Å². The van der Waals surface area contributed by atoms with Crippen molar-refractivity contribution in [1.82, 2.24) is 20.0 Å². The monoisotopic (exact) mass is 340 g/mol. The fourth-order valence-electron chi connectivity index (χ4n) is 3.57. The fourth-order valence-corrected chi connectivity index (χ4v) is 5.24. The molecule has 0 saturated carbocycles. The molecule has 0 aromatic carbocycles. The molecular formula is C15H24N4O3S. The zero-order chi connectivity index (χ0) is 16.4. The number of aromatic nitrogens is 2. The smallest absolute Gasteiger partial charge is 0.237 e. The Morgan fingerprint density at radius 1 is 1.43 bits per heavy atom. The van der Waals surface area contributed by atoms with Gasteiger partial charge in [-0.2, -0.15) is 5.10 Å². The number of rotatable bonds is 5. The molecule has 23 heavy (non-hydrogen) atoms. The zero-order valence-electron chi connectivity index (χ0n) is 13.4. The molecule has 3 atom stereocenters. The zero-order valence-corrected chi connectivity index (χ0v) is 14.2. The van der Waals surface area contributed by atoms with Crippen molar-refractivity contribution in [3.63, 3.8) is 0 Å². The summed E-state index contributed by atoms with van der Waals surface area (Å²) < 4.78 is 24.9. The highest BCUT2D eigenvalue weighted by atomic mass is 32.2. The molecule has 128 valence electrons. The minimum atomic E-state index is -2.97. The van der Waals surface area contributed by atoms with Crippen LogP contribution in [0.3, 0.4) is 0 Å². The first-order valence-corrected chi connectivity index (χ1v) is 10.0. The molecule has 1 N–H and O–H groups in total. The summed E-state index contributed by atoms with van der Waals surface area (Å²) in [5, 5.41) is 7.15. The van der Waals surface area contributed by atoms with Crippen LogP contribution in [0.15, 0.2) is 18.5 Å².